The van der Waals surface area contributed by atoms with Crippen molar-refractivity contribution in [3.05, 3.63) is 24.3 Å². The van der Waals surface area contributed by atoms with Gasteiger partial charge in [-0.2, -0.15) is 0 Å². The maximum absolute atomic E-state index is 5.78. The third kappa shape index (κ3) is 6.28. The van der Waals surface area contributed by atoms with Crippen molar-refractivity contribution in [2.75, 3.05) is 39.7 Å². The monoisotopic (exact) mass is 269 g/mol. The molecular formula is C14H23NO2S. The zero-order valence-electron chi connectivity index (χ0n) is 11.3. The average molecular weight is 269 g/mol. The molecule has 0 aromatic heterocycles. The van der Waals surface area contributed by atoms with E-state index < -0.39 is 0 Å². The largest absolute Gasteiger partial charge is 0.492 e. The number of benzene rings is 1. The van der Waals surface area contributed by atoms with Gasteiger partial charge in [0.15, 0.2) is 0 Å². The number of methoxy groups -OCH3 is 1. The van der Waals surface area contributed by atoms with Gasteiger partial charge in [-0.05, 0) is 37.8 Å². The van der Waals surface area contributed by atoms with Gasteiger partial charge in [0.25, 0.3) is 0 Å². The van der Waals surface area contributed by atoms with Crippen molar-refractivity contribution in [2.24, 2.45) is 0 Å². The van der Waals surface area contributed by atoms with E-state index in [0.717, 1.165) is 44.9 Å². The quantitative estimate of drug-likeness (QED) is 0.522. The standard InChI is InChI=1S/C14H23NO2S/c1-16-12-10-15-9-5-6-11-17-13-7-3-4-8-14(13)18-2/h3-4,7-8,15H,5-6,9-12H2,1-2H3. The molecule has 0 amide bonds. The second kappa shape index (κ2) is 10.2. The molecule has 1 aromatic rings. The Kier molecular flexibility index (Phi) is 8.73. The van der Waals surface area contributed by atoms with E-state index in [4.69, 9.17) is 9.47 Å². The molecule has 0 unspecified atom stereocenters. The summed E-state index contributed by atoms with van der Waals surface area (Å²) in [4.78, 5) is 1.20. The molecule has 4 heteroatoms. The van der Waals surface area contributed by atoms with E-state index in [2.05, 4.69) is 17.6 Å². The highest BCUT2D eigenvalue weighted by Crippen LogP contribution is 2.26. The van der Waals surface area contributed by atoms with Crippen molar-refractivity contribution in [3.8, 4) is 5.75 Å². The average Bonchev–Trinajstić information content (AvgIpc) is 2.42. The maximum atomic E-state index is 5.78. The van der Waals surface area contributed by atoms with E-state index >= 15 is 0 Å². The minimum absolute atomic E-state index is 0.775. The molecule has 0 aliphatic heterocycles. The van der Waals surface area contributed by atoms with Crippen molar-refractivity contribution >= 4 is 11.8 Å². The second-order valence-electron chi connectivity index (χ2n) is 3.95. The molecule has 0 saturated heterocycles. The minimum atomic E-state index is 0.775. The molecule has 0 bridgehead atoms. The van der Waals surface area contributed by atoms with Crippen LogP contribution in [0.2, 0.25) is 0 Å². The van der Waals surface area contributed by atoms with Gasteiger partial charge in [-0.15, -0.1) is 11.8 Å². The lowest BCUT2D eigenvalue weighted by Crippen LogP contribution is -2.20. The second-order valence-corrected chi connectivity index (χ2v) is 4.80. The van der Waals surface area contributed by atoms with Crippen LogP contribution in [0.25, 0.3) is 0 Å². The van der Waals surface area contributed by atoms with Gasteiger partial charge >= 0.3 is 0 Å². The zero-order chi connectivity index (χ0) is 13.1. The van der Waals surface area contributed by atoms with Crippen LogP contribution in [0.1, 0.15) is 12.8 Å². The van der Waals surface area contributed by atoms with Crippen LogP contribution >= 0.6 is 11.8 Å². The summed E-state index contributed by atoms with van der Waals surface area (Å²) < 4.78 is 10.7. The van der Waals surface area contributed by atoms with Crippen molar-refractivity contribution in [3.63, 3.8) is 0 Å². The minimum Gasteiger partial charge on any atom is -0.492 e. The number of rotatable bonds is 10. The lowest BCUT2D eigenvalue weighted by atomic mass is 10.3. The molecule has 0 radical (unpaired) electrons. The molecule has 0 heterocycles. The third-order valence-corrected chi connectivity index (χ3v) is 3.33. The van der Waals surface area contributed by atoms with Crippen molar-refractivity contribution in [2.45, 2.75) is 17.7 Å². The first-order chi connectivity index (χ1) is 8.88. The fourth-order valence-electron chi connectivity index (χ4n) is 1.57. The molecule has 0 fully saturated rings. The molecule has 18 heavy (non-hydrogen) atoms. The number of para-hydroxylation sites is 1. The Labute approximate surface area is 114 Å². The van der Waals surface area contributed by atoms with Gasteiger partial charge in [0.2, 0.25) is 0 Å². The molecule has 1 aromatic carbocycles. The Morgan fingerprint density at radius 3 is 2.72 bits per heavy atom. The Balaban J connectivity index is 2.07. The summed E-state index contributed by atoms with van der Waals surface area (Å²) >= 11 is 1.72. The number of hydrogen-bond donors (Lipinski definition) is 1. The number of ether oxygens (including phenoxy) is 2. The Bertz CT molecular complexity index is 320. The summed E-state index contributed by atoms with van der Waals surface area (Å²) in [6, 6.07) is 8.18. The van der Waals surface area contributed by atoms with Crippen molar-refractivity contribution < 1.29 is 9.47 Å². The normalized spacial score (nSPS) is 10.6. The van der Waals surface area contributed by atoms with Crippen LogP contribution in [0.15, 0.2) is 29.2 Å². The van der Waals surface area contributed by atoms with E-state index in [1.807, 2.05) is 18.2 Å². The van der Waals surface area contributed by atoms with E-state index in [0.29, 0.717) is 0 Å². The number of unbranched alkanes of at least 4 members (excludes halogenated alkanes) is 1. The lowest BCUT2D eigenvalue weighted by molar-refractivity contribution is 0.199. The summed E-state index contributed by atoms with van der Waals surface area (Å²) in [6.45, 7) is 3.50. The van der Waals surface area contributed by atoms with E-state index in [9.17, 15) is 0 Å². The van der Waals surface area contributed by atoms with Crippen LogP contribution in [0.4, 0.5) is 0 Å². The molecule has 0 spiro atoms. The predicted molar refractivity (Wildman–Crippen MR) is 77.7 cm³/mol. The summed E-state index contributed by atoms with van der Waals surface area (Å²) in [6.07, 6.45) is 4.27. The molecule has 3 nitrogen and oxygen atoms in total. The van der Waals surface area contributed by atoms with Gasteiger partial charge in [0.05, 0.1) is 13.2 Å². The Hall–Kier alpha value is -0.710. The first-order valence-corrected chi connectivity index (χ1v) is 7.56. The zero-order valence-corrected chi connectivity index (χ0v) is 12.1. The van der Waals surface area contributed by atoms with E-state index in [-0.39, 0.29) is 0 Å². The third-order valence-electron chi connectivity index (χ3n) is 2.56. The molecule has 1 N–H and O–H groups in total. The van der Waals surface area contributed by atoms with Gasteiger partial charge in [0.1, 0.15) is 5.75 Å². The summed E-state index contributed by atoms with van der Waals surface area (Å²) in [5, 5.41) is 3.32. The van der Waals surface area contributed by atoms with Gasteiger partial charge in [-0.1, -0.05) is 12.1 Å². The molecule has 0 saturated carbocycles. The Morgan fingerprint density at radius 1 is 1.11 bits per heavy atom. The highest BCUT2D eigenvalue weighted by atomic mass is 32.2. The van der Waals surface area contributed by atoms with Gasteiger partial charge in [-0.25, -0.2) is 0 Å². The Morgan fingerprint density at radius 2 is 1.94 bits per heavy atom. The van der Waals surface area contributed by atoms with Crippen LogP contribution in [-0.4, -0.2) is 39.7 Å². The smallest absolute Gasteiger partial charge is 0.132 e. The SMILES string of the molecule is COCCNCCCCOc1ccccc1SC. The predicted octanol–water partition coefficient (Wildman–Crippen LogP) is 2.80. The number of hydrogen-bond acceptors (Lipinski definition) is 4. The first-order valence-electron chi connectivity index (χ1n) is 6.34. The van der Waals surface area contributed by atoms with Crippen LogP contribution in [0.3, 0.4) is 0 Å². The fourth-order valence-corrected chi connectivity index (χ4v) is 2.11. The lowest BCUT2D eigenvalue weighted by Gasteiger charge is -2.09. The van der Waals surface area contributed by atoms with Gasteiger partial charge in [-0.3, -0.25) is 0 Å². The van der Waals surface area contributed by atoms with Crippen LogP contribution in [0.5, 0.6) is 5.75 Å². The maximum Gasteiger partial charge on any atom is 0.132 e. The summed E-state index contributed by atoms with van der Waals surface area (Å²) in [5.41, 5.74) is 0. The highest BCUT2D eigenvalue weighted by Gasteiger charge is 2.00. The molecular weight excluding hydrogens is 246 g/mol. The first kappa shape index (κ1) is 15.3. The summed E-state index contributed by atoms with van der Waals surface area (Å²) in [7, 11) is 1.72. The summed E-state index contributed by atoms with van der Waals surface area (Å²) in [5.74, 6) is 0.998. The van der Waals surface area contributed by atoms with E-state index in [1.165, 1.54) is 4.90 Å². The van der Waals surface area contributed by atoms with Gasteiger partial charge in [0, 0.05) is 18.6 Å². The molecule has 1 rings (SSSR count). The highest BCUT2D eigenvalue weighted by molar-refractivity contribution is 7.98. The van der Waals surface area contributed by atoms with Crippen LogP contribution < -0.4 is 10.1 Å². The topological polar surface area (TPSA) is 30.5 Å². The number of thioether (sulfide) groups is 1. The van der Waals surface area contributed by atoms with Crippen LogP contribution in [-0.2, 0) is 4.74 Å². The van der Waals surface area contributed by atoms with Crippen molar-refractivity contribution in [1.82, 2.24) is 5.32 Å². The molecule has 0 aliphatic rings. The fraction of sp³-hybridized carbons (Fsp3) is 0.571. The van der Waals surface area contributed by atoms with Crippen molar-refractivity contribution in [1.29, 1.82) is 0 Å². The molecule has 0 aliphatic carbocycles. The van der Waals surface area contributed by atoms with Crippen LogP contribution in [0, 0.1) is 0 Å². The van der Waals surface area contributed by atoms with Gasteiger partial charge < -0.3 is 14.8 Å². The number of nitrogens with one attached hydrogen (secondary N) is 1. The van der Waals surface area contributed by atoms with E-state index in [1.54, 1.807) is 18.9 Å². The molecule has 102 valence electrons. The molecule has 0 atom stereocenters.